The van der Waals surface area contributed by atoms with Gasteiger partial charge in [0.05, 0.1) is 30.6 Å². The molecule has 1 aliphatic rings. The first kappa shape index (κ1) is 23.2. The summed E-state index contributed by atoms with van der Waals surface area (Å²) in [6.07, 6.45) is 1.53. The lowest BCUT2D eigenvalue weighted by Gasteiger charge is -2.33. The van der Waals surface area contributed by atoms with Crippen molar-refractivity contribution in [1.82, 2.24) is 14.5 Å². The van der Waals surface area contributed by atoms with Crippen molar-refractivity contribution in [3.63, 3.8) is 0 Å². The van der Waals surface area contributed by atoms with Gasteiger partial charge in [0.1, 0.15) is 9.97 Å². The van der Waals surface area contributed by atoms with E-state index in [1.807, 2.05) is 4.90 Å². The van der Waals surface area contributed by atoms with Crippen LogP contribution in [0.1, 0.15) is 16.1 Å². The van der Waals surface area contributed by atoms with E-state index in [2.05, 4.69) is 10.6 Å². The van der Waals surface area contributed by atoms with Crippen LogP contribution in [0, 0.1) is 0 Å². The van der Waals surface area contributed by atoms with Gasteiger partial charge in [-0.25, -0.2) is 8.42 Å². The number of hydrogen-bond donors (Lipinski definition) is 2. The average molecular weight is 489 g/mol. The molecule has 0 atom stereocenters. The first-order chi connectivity index (χ1) is 15.9. The molecule has 33 heavy (non-hydrogen) atoms. The molecule has 0 radical (unpaired) electrons. The van der Waals surface area contributed by atoms with Crippen LogP contribution < -0.4 is 10.6 Å². The number of amides is 2. The molecule has 2 N–H and O–H groups in total. The second kappa shape index (κ2) is 10.3. The Balaban J connectivity index is 1.30. The number of sulfonamides is 1. The van der Waals surface area contributed by atoms with Gasteiger partial charge in [0.2, 0.25) is 5.91 Å². The molecule has 2 aromatic heterocycles. The SMILES string of the molecule is O=C(CN1CCN(S(=O)(=O)c2cccs2)CC1)Nc1ccccc1C(=O)NCc1ccco1. The number of nitrogens with zero attached hydrogens (tertiary/aromatic N) is 2. The minimum Gasteiger partial charge on any atom is -0.467 e. The molecule has 0 aliphatic carbocycles. The zero-order chi connectivity index (χ0) is 23.3. The Bertz CT molecular complexity index is 1190. The first-order valence-electron chi connectivity index (χ1n) is 10.4. The molecule has 1 saturated heterocycles. The zero-order valence-electron chi connectivity index (χ0n) is 17.8. The summed E-state index contributed by atoms with van der Waals surface area (Å²) >= 11 is 1.20. The van der Waals surface area contributed by atoms with Crippen molar-refractivity contribution in [2.75, 3.05) is 38.0 Å². The zero-order valence-corrected chi connectivity index (χ0v) is 19.4. The van der Waals surface area contributed by atoms with Gasteiger partial charge in [0.15, 0.2) is 0 Å². The number of furan rings is 1. The maximum absolute atomic E-state index is 12.6. The van der Waals surface area contributed by atoms with E-state index in [1.165, 1.54) is 21.9 Å². The third-order valence-electron chi connectivity index (χ3n) is 5.24. The third-order valence-corrected chi connectivity index (χ3v) is 8.51. The average Bonchev–Trinajstić information content (AvgIpc) is 3.53. The van der Waals surface area contributed by atoms with Gasteiger partial charge < -0.3 is 15.1 Å². The van der Waals surface area contributed by atoms with Crippen LogP contribution in [-0.4, -0.2) is 62.2 Å². The lowest BCUT2D eigenvalue weighted by molar-refractivity contribution is -0.117. The molecule has 9 nitrogen and oxygen atoms in total. The van der Waals surface area contributed by atoms with Gasteiger partial charge >= 0.3 is 0 Å². The molecule has 3 heterocycles. The molecule has 0 saturated carbocycles. The predicted octanol–water partition coefficient (Wildman–Crippen LogP) is 2.22. The number of piperazine rings is 1. The van der Waals surface area contributed by atoms with Crippen LogP contribution in [0.3, 0.4) is 0 Å². The Morgan fingerprint density at radius 2 is 1.79 bits per heavy atom. The molecule has 11 heteroatoms. The van der Waals surface area contributed by atoms with E-state index in [0.29, 0.717) is 47.4 Å². The molecule has 0 spiro atoms. The van der Waals surface area contributed by atoms with Crippen molar-refractivity contribution in [2.45, 2.75) is 10.8 Å². The number of thiophene rings is 1. The molecule has 0 bridgehead atoms. The number of nitrogens with one attached hydrogen (secondary N) is 2. The maximum Gasteiger partial charge on any atom is 0.253 e. The standard InChI is InChI=1S/C22H24N4O5S2/c27-20(16-25-9-11-26(12-10-25)33(29,30)21-8-4-14-32-21)24-19-7-2-1-6-18(19)22(28)23-15-17-5-3-13-31-17/h1-8,13-14H,9-12,15-16H2,(H,23,28)(H,24,27). The van der Waals surface area contributed by atoms with E-state index in [0.717, 1.165) is 0 Å². The topological polar surface area (TPSA) is 112 Å². The molecule has 3 aromatic rings. The number of hydrogen-bond acceptors (Lipinski definition) is 7. The minimum atomic E-state index is -3.48. The number of para-hydroxylation sites is 1. The summed E-state index contributed by atoms with van der Waals surface area (Å²) in [5.74, 6) is 0.0376. The fourth-order valence-corrected chi connectivity index (χ4v) is 6.09. The largest absolute Gasteiger partial charge is 0.467 e. The highest BCUT2D eigenvalue weighted by Crippen LogP contribution is 2.22. The summed E-state index contributed by atoms with van der Waals surface area (Å²) in [5.41, 5.74) is 0.766. The normalized spacial score (nSPS) is 15.3. The highest BCUT2D eigenvalue weighted by Gasteiger charge is 2.29. The minimum absolute atomic E-state index is 0.106. The smallest absolute Gasteiger partial charge is 0.253 e. The summed E-state index contributed by atoms with van der Waals surface area (Å²) in [6.45, 7) is 1.88. The fraction of sp³-hybridized carbons (Fsp3) is 0.273. The number of carbonyl (C=O) groups is 2. The van der Waals surface area contributed by atoms with E-state index >= 15 is 0 Å². The van der Waals surface area contributed by atoms with E-state index < -0.39 is 10.0 Å². The van der Waals surface area contributed by atoms with Gasteiger partial charge in [-0.3, -0.25) is 14.5 Å². The number of benzene rings is 1. The molecule has 0 unspecified atom stereocenters. The molecule has 4 rings (SSSR count). The molecule has 2 amide bonds. The summed E-state index contributed by atoms with van der Waals surface area (Å²) in [4.78, 5) is 27.1. The monoisotopic (exact) mass is 488 g/mol. The Morgan fingerprint density at radius 1 is 1.00 bits per heavy atom. The van der Waals surface area contributed by atoms with Crippen LogP contribution in [0.2, 0.25) is 0 Å². The molecule has 1 aliphatic heterocycles. The van der Waals surface area contributed by atoms with Gasteiger partial charge in [-0.2, -0.15) is 4.31 Å². The molecule has 1 aromatic carbocycles. The Hall–Kier alpha value is -2.99. The number of carbonyl (C=O) groups excluding carboxylic acids is 2. The van der Waals surface area contributed by atoms with Crippen molar-refractivity contribution in [3.8, 4) is 0 Å². The molecule has 1 fully saturated rings. The van der Waals surface area contributed by atoms with Gasteiger partial charge in [0.25, 0.3) is 15.9 Å². The highest BCUT2D eigenvalue weighted by molar-refractivity contribution is 7.91. The van der Waals surface area contributed by atoms with Crippen molar-refractivity contribution in [3.05, 3.63) is 71.5 Å². The maximum atomic E-state index is 12.6. The van der Waals surface area contributed by atoms with Gasteiger partial charge in [-0.15, -0.1) is 11.3 Å². The number of anilines is 1. The summed E-state index contributed by atoms with van der Waals surface area (Å²) in [6, 6.07) is 13.6. The van der Waals surface area contributed by atoms with E-state index in [4.69, 9.17) is 4.42 Å². The molecular weight excluding hydrogens is 464 g/mol. The fourth-order valence-electron chi connectivity index (χ4n) is 3.52. The quantitative estimate of drug-likeness (QED) is 0.503. The van der Waals surface area contributed by atoms with E-state index in [1.54, 1.807) is 53.9 Å². The highest BCUT2D eigenvalue weighted by atomic mass is 32.2. The second-order valence-electron chi connectivity index (χ2n) is 7.47. The van der Waals surface area contributed by atoms with Crippen LogP contribution in [0.5, 0.6) is 0 Å². The summed E-state index contributed by atoms with van der Waals surface area (Å²) < 4.78 is 32.3. The van der Waals surface area contributed by atoms with Crippen molar-refractivity contribution in [2.24, 2.45) is 0 Å². The Morgan fingerprint density at radius 3 is 2.48 bits per heavy atom. The van der Waals surface area contributed by atoms with Crippen LogP contribution >= 0.6 is 11.3 Å². The third kappa shape index (κ3) is 5.69. The Kier molecular flexibility index (Phi) is 7.23. The van der Waals surface area contributed by atoms with Gasteiger partial charge in [-0.05, 0) is 35.7 Å². The second-order valence-corrected chi connectivity index (χ2v) is 10.6. The van der Waals surface area contributed by atoms with Gasteiger partial charge in [-0.1, -0.05) is 18.2 Å². The van der Waals surface area contributed by atoms with Crippen LogP contribution in [0.25, 0.3) is 0 Å². The lowest BCUT2D eigenvalue weighted by Crippen LogP contribution is -2.50. The van der Waals surface area contributed by atoms with Crippen LogP contribution in [0.15, 0.2) is 68.8 Å². The van der Waals surface area contributed by atoms with Crippen molar-refractivity contribution in [1.29, 1.82) is 0 Å². The first-order valence-corrected chi connectivity index (χ1v) is 12.7. The van der Waals surface area contributed by atoms with Crippen molar-refractivity contribution < 1.29 is 22.4 Å². The molecule has 174 valence electrons. The van der Waals surface area contributed by atoms with E-state index in [-0.39, 0.29) is 24.9 Å². The lowest BCUT2D eigenvalue weighted by atomic mass is 10.1. The van der Waals surface area contributed by atoms with Crippen LogP contribution in [0.4, 0.5) is 5.69 Å². The Labute approximate surface area is 196 Å². The van der Waals surface area contributed by atoms with Gasteiger partial charge in [0, 0.05) is 26.2 Å². The number of rotatable bonds is 8. The predicted molar refractivity (Wildman–Crippen MR) is 124 cm³/mol. The van der Waals surface area contributed by atoms with Crippen molar-refractivity contribution >= 4 is 38.9 Å². The van der Waals surface area contributed by atoms with E-state index in [9.17, 15) is 18.0 Å². The summed E-state index contributed by atoms with van der Waals surface area (Å²) in [5, 5.41) is 7.31. The van der Waals surface area contributed by atoms with Crippen LogP contribution in [-0.2, 0) is 21.4 Å². The summed E-state index contributed by atoms with van der Waals surface area (Å²) in [7, 11) is -3.48. The molecular formula is C22H24N4O5S2.